The molecule has 1 aromatic rings. The molecule has 6 heteroatoms. The van der Waals surface area contributed by atoms with Crippen LogP contribution >= 0.6 is 0 Å². The van der Waals surface area contributed by atoms with Crippen molar-refractivity contribution in [3.05, 3.63) is 29.8 Å². The summed E-state index contributed by atoms with van der Waals surface area (Å²) >= 11 is 0. The molecule has 0 amide bonds. The van der Waals surface area contributed by atoms with Crippen molar-refractivity contribution in [1.29, 1.82) is 0 Å². The van der Waals surface area contributed by atoms with Gasteiger partial charge in [0.1, 0.15) is 0 Å². The monoisotopic (exact) mass is 312 g/mol. The van der Waals surface area contributed by atoms with Crippen LogP contribution in [0.5, 0.6) is 0 Å². The quantitative estimate of drug-likeness (QED) is 0.786. The molecule has 3 N–H and O–H groups in total. The lowest BCUT2D eigenvalue weighted by Crippen LogP contribution is -2.62. The molecule has 0 radical (unpaired) electrons. The van der Waals surface area contributed by atoms with E-state index in [0.717, 1.165) is 6.42 Å². The highest BCUT2D eigenvalue weighted by atomic mass is 32.2. The molecule has 5 nitrogen and oxygen atoms in total. The number of nitrogen functional groups attached to an aromatic ring is 1. The molecule has 1 aliphatic rings. The second-order valence-electron chi connectivity index (χ2n) is 6.18. The topological polar surface area (TPSA) is 81.4 Å². The predicted octanol–water partition coefficient (Wildman–Crippen LogP) is 1.89. The van der Waals surface area contributed by atoms with Gasteiger partial charge in [0.05, 0.1) is 11.9 Å². The zero-order valence-corrected chi connectivity index (χ0v) is 13.6. The Kier molecular flexibility index (Phi) is 4.60. The maximum Gasteiger partial charge on any atom is 0.216 e. The zero-order valence-electron chi connectivity index (χ0n) is 12.8. The lowest BCUT2D eigenvalue weighted by molar-refractivity contribution is -0.108. The average molecular weight is 312 g/mol. The number of anilines is 1. The molecule has 1 fully saturated rings. The molecule has 21 heavy (non-hydrogen) atoms. The van der Waals surface area contributed by atoms with E-state index in [2.05, 4.69) is 4.72 Å². The van der Waals surface area contributed by atoms with Gasteiger partial charge in [-0.1, -0.05) is 26.0 Å². The van der Waals surface area contributed by atoms with Crippen LogP contribution in [0.2, 0.25) is 0 Å². The SMILES string of the molecule is CCOC1CC(NS(=O)(=O)Cc2cccc(N)c2)C1(C)C. The van der Waals surface area contributed by atoms with Gasteiger partial charge >= 0.3 is 0 Å². The molecule has 2 rings (SSSR count). The summed E-state index contributed by atoms with van der Waals surface area (Å²) in [4.78, 5) is 0. The number of sulfonamides is 1. The first kappa shape index (κ1) is 16.3. The summed E-state index contributed by atoms with van der Waals surface area (Å²) in [6.07, 6.45) is 0.833. The van der Waals surface area contributed by atoms with Crippen molar-refractivity contribution in [2.24, 2.45) is 5.41 Å². The molecule has 1 aliphatic carbocycles. The van der Waals surface area contributed by atoms with Crippen molar-refractivity contribution >= 4 is 15.7 Å². The van der Waals surface area contributed by atoms with E-state index >= 15 is 0 Å². The van der Waals surface area contributed by atoms with Gasteiger partial charge in [0.2, 0.25) is 10.0 Å². The van der Waals surface area contributed by atoms with Crippen molar-refractivity contribution in [2.45, 2.75) is 45.1 Å². The van der Waals surface area contributed by atoms with Crippen molar-refractivity contribution in [3.8, 4) is 0 Å². The van der Waals surface area contributed by atoms with Crippen molar-refractivity contribution in [3.63, 3.8) is 0 Å². The van der Waals surface area contributed by atoms with Crippen molar-refractivity contribution in [1.82, 2.24) is 4.72 Å². The number of rotatable bonds is 6. The van der Waals surface area contributed by atoms with E-state index in [1.54, 1.807) is 24.3 Å². The number of hydrogen-bond acceptors (Lipinski definition) is 4. The highest BCUT2D eigenvalue weighted by molar-refractivity contribution is 7.88. The first-order chi connectivity index (χ1) is 9.74. The summed E-state index contributed by atoms with van der Waals surface area (Å²) < 4.78 is 33.0. The first-order valence-electron chi connectivity index (χ1n) is 7.20. The van der Waals surface area contributed by atoms with Crippen LogP contribution < -0.4 is 10.5 Å². The van der Waals surface area contributed by atoms with Gasteiger partial charge in [-0.2, -0.15) is 0 Å². The van der Waals surface area contributed by atoms with Gasteiger partial charge in [0, 0.05) is 23.8 Å². The second-order valence-corrected chi connectivity index (χ2v) is 7.93. The third-order valence-corrected chi connectivity index (χ3v) is 5.53. The number of nitrogens with one attached hydrogen (secondary N) is 1. The molecule has 1 saturated carbocycles. The summed E-state index contributed by atoms with van der Waals surface area (Å²) in [6.45, 7) is 6.67. The minimum Gasteiger partial charge on any atom is -0.399 e. The Balaban J connectivity index is 1.99. The number of ether oxygens (including phenoxy) is 1. The van der Waals surface area contributed by atoms with Gasteiger partial charge in [0.15, 0.2) is 0 Å². The smallest absolute Gasteiger partial charge is 0.216 e. The highest BCUT2D eigenvalue weighted by Gasteiger charge is 2.50. The normalized spacial score (nSPS) is 24.5. The summed E-state index contributed by atoms with van der Waals surface area (Å²) in [6, 6.07) is 6.88. The third-order valence-electron chi connectivity index (χ3n) is 4.18. The number of hydrogen-bond donors (Lipinski definition) is 2. The van der Waals surface area contributed by atoms with Crippen LogP contribution in [0.4, 0.5) is 5.69 Å². The zero-order chi connectivity index (χ0) is 15.7. The minimum atomic E-state index is -3.38. The largest absolute Gasteiger partial charge is 0.399 e. The Hall–Kier alpha value is -1.11. The van der Waals surface area contributed by atoms with E-state index in [9.17, 15) is 8.42 Å². The summed E-state index contributed by atoms with van der Waals surface area (Å²) in [5.74, 6) is -0.0517. The molecule has 2 atom stereocenters. The van der Waals surface area contributed by atoms with E-state index in [-0.39, 0.29) is 23.3 Å². The molecular formula is C15H24N2O3S. The van der Waals surface area contributed by atoms with Crippen LogP contribution in [-0.4, -0.2) is 27.2 Å². The third kappa shape index (κ3) is 3.75. The maximum atomic E-state index is 12.3. The Morgan fingerprint density at radius 1 is 1.43 bits per heavy atom. The van der Waals surface area contributed by atoms with Gasteiger partial charge in [-0.15, -0.1) is 0 Å². The van der Waals surface area contributed by atoms with Gasteiger partial charge < -0.3 is 10.5 Å². The van der Waals surface area contributed by atoms with Crippen LogP contribution in [0, 0.1) is 5.41 Å². The second kappa shape index (κ2) is 5.94. The van der Waals surface area contributed by atoms with Gasteiger partial charge in [0.25, 0.3) is 0 Å². The molecule has 0 bridgehead atoms. The summed E-state index contributed by atoms with van der Waals surface area (Å²) in [5, 5.41) is 0. The van der Waals surface area contributed by atoms with Gasteiger partial charge in [-0.05, 0) is 31.0 Å². The van der Waals surface area contributed by atoms with Crippen molar-refractivity contribution in [2.75, 3.05) is 12.3 Å². The maximum absolute atomic E-state index is 12.3. The van der Waals surface area contributed by atoms with E-state index in [1.807, 2.05) is 20.8 Å². The van der Waals surface area contributed by atoms with E-state index in [4.69, 9.17) is 10.5 Å². The molecule has 2 unspecified atom stereocenters. The lowest BCUT2D eigenvalue weighted by Gasteiger charge is -2.51. The fraction of sp³-hybridized carbons (Fsp3) is 0.600. The van der Waals surface area contributed by atoms with E-state index < -0.39 is 10.0 Å². The number of nitrogens with two attached hydrogens (primary N) is 1. The molecule has 0 aliphatic heterocycles. The van der Waals surface area contributed by atoms with E-state index in [0.29, 0.717) is 17.9 Å². The Morgan fingerprint density at radius 2 is 2.14 bits per heavy atom. The first-order valence-corrected chi connectivity index (χ1v) is 8.86. The van der Waals surface area contributed by atoms with Gasteiger partial charge in [-0.3, -0.25) is 0 Å². The Morgan fingerprint density at radius 3 is 2.71 bits per heavy atom. The molecule has 0 heterocycles. The molecule has 1 aromatic carbocycles. The lowest BCUT2D eigenvalue weighted by atomic mass is 9.65. The molecule has 0 spiro atoms. The molecule has 0 aromatic heterocycles. The van der Waals surface area contributed by atoms with Crippen LogP contribution in [0.1, 0.15) is 32.8 Å². The van der Waals surface area contributed by atoms with Crippen LogP contribution in [0.15, 0.2) is 24.3 Å². The minimum absolute atomic E-state index is 0.0517. The molecule has 0 saturated heterocycles. The van der Waals surface area contributed by atoms with Gasteiger partial charge in [-0.25, -0.2) is 13.1 Å². The highest BCUT2D eigenvalue weighted by Crippen LogP contribution is 2.43. The summed E-state index contributed by atoms with van der Waals surface area (Å²) in [5.41, 5.74) is 6.76. The van der Waals surface area contributed by atoms with Crippen LogP contribution in [0.25, 0.3) is 0 Å². The number of benzene rings is 1. The Bertz CT molecular complexity index is 599. The predicted molar refractivity (Wildman–Crippen MR) is 84.2 cm³/mol. The van der Waals surface area contributed by atoms with E-state index in [1.165, 1.54) is 0 Å². The standard InChI is InChI=1S/C15H24N2O3S/c1-4-20-14-9-13(15(14,2)3)17-21(18,19)10-11-6-5-7-12(16)8-11/h5-8,13-14,17H,4,9-10,16H2,1-3H3. The van der Waals surface area contributed by atoms with Crippen LogP contribution in [0.3, 0.4) is 0 Å². The fourth-order valence-electron chi connectivity index (χ4n) is 2.73. The molecule has 118 valence electrons. The fourth-order valence-corrected chi connectivity index (χ4v) is 4.27. The van der Waals surface area contributed by atoms with Crippen molar-refractivity contribution < 1.29 is 13.2 Å². The summed E-state index contributed by atoms with van der Waals surface area (Å²) in [7, 11) is -3.38. The Labute approximate surface area is 126 Å². The van der Waals surface area contributed by atoms with Crippen LogP contribution in [-0.2, 0) is 20.5 Å². The average Bonchev–Trinajstić information content (AvgIpc) is 2.37. The molecular weight excluding hydrogens is 288 g/mol.